The molecule has 1 saturated carbocycles. The van der Waals surface area contributed by atoms with Crippen LogP contribution in [0, 0.1) is 29.2 Å². The molecule has 0 heterocycles. The fourth-order valence-electron chi connectivity index (χ4n) is 4.01. The van der Waals surface area contributed by atoms with Gasteiger partial charge in [-0.3, -0.25) is 0 Å². The zero-order chi connectivity index (χ0) is 23.6. The average molecular weight is 468 g/mol. The van der Waals surface area contributed by atoms with Crippen LogP contribution in [0.25, 0.3) is 0 Å². The van der Waals surface area contributed by atoms with Gasteiger partial charge in [-0.15, -0.1) is 0 Å². The molecule has 1 fully saturated rings. The zero-order valence-electron chi connectivity index (χ0n) is 16.9. The third-order valence-corrected chi connectivity index (χ3v) is 5.68. The van der Waals surface area contributed by atoms with E-state index in [-0.39, 0.29) is 23.6 Å². The van der Waals surface area contributed by atoms with Gasteiger partial charge in [-0.05, 0) is 55.2 Å². The van der Waals surface area contributed by atoms with Gasteiger partial charge in [0.05, 0.1) is 0 Å². The fraction of sp³-hybridized carbons (Fsp3) is 0.455. The second-order valence-electron chi connectivity index (χ2n) is 7.70. The molecule has 1 aliphatic rings. The molecule has 0 atom stereocenters. The van der Waals surface area contributed by atoms with Gasteiger partial charge < -0.3 is 9.47 Å². The quantitative estimate of drug-likeness (QED) is 0.389. The Kier molecular flexibility index (Phi) is 7.19. The van der Waals surface area contributed by atoms with Crippen molar-refractivity contribution in [3.63, 3.8) is 0 Å². The lowest BCUT2D eigenvalue weighted by Gasteiger charge is -2.28. The summed E-state index contributed by atoms with van der Waals surface area (Å²) < 4.78 is 118. The van der Waals surface area contributed by atoms with Crippen molar-refractivity contribution >= 4 is 0 Å². The van der Waals surface area contributed by atoms with Crippen LogP contribution < -0.4 is 9.47 Å². The highest BCUT2D eigenvalue weighted by atomic mass is 19.3. The summed E-state index contributed by atoms with van der Waals surface area (Å²) in [5.41, 5.74) is -1.48. The Bertz CT molecular complexity index is 909. The van der Waals surface area contributed by atoms with E-state index >= 15 is 0 Å². The number of halogens is 8. The zero-order valence-corrected chi connectivity index (χ0v) is 16.9. The van der Waals surface area contributed by atoms with E-state index in [1.54, 1.807) is 0 Å². The number of hydrogen-bond donors (Lipinski definition) is 0. The van der Waals surface area contributed by atoms with Crippen molar-refractivity contribution in [2.24, 2.45) is 5.92 Å². The lowest BCUT2D eigenvalue weighted by atomic mass is 9.77. The van der Waals surface area contributed by atoms with Gasteiger partial charge in [0.25, 0.3) is 0 Å². The second-order valence-corrected chi connectivity index (χ2v) is 7.70. The average Bonchev–Trinajstić information content (AvgIpc) is 2.69. The summed E-state index contributed by atoms with van der Waals surface area (Å²) in [7, 11) is 0. The maximum absolute atomic E-state index is 14.5. The molecule has 2 nitrogen and oxygen atoms in total. The molecule has 0 aromatic heterocycles. The maximum Gasteiger partial charge on any atom is 0.432 e. The summed E-state index contributed by atoms with van der Waals surface area (Å²) >= 11 is 0. The van der Waals surface area contributed by atoms with Crippen LogP contribution in [0.3, 0.4) is 0 Å². The highest BCUT2D eigenvalue weighted by Gasteiger charge is 2.42. The first-order valence-corrected chi connectivity index (χ1v) is 10.0. The largest absolute Gasteiger partial charge is 0.432 e. The summed E-state index contributed by atoms with van der Waals surface area (Å²) in [4.78, 5) is 0. The number of benzene rings is 2. The molecule has 0 unspecified atom stereocenters. The molecule has 1 aliphatic carbocycles. The molecular weight excluding hydrogens is 448 g/mol. The molecule has 0 radical (unpaired) electrons. The molecule has 10 heteroatoms. The van der Waals surface area contributed by atoms with Crippen LogP contribution in [0.4, 0.5) is 35.1 Å². The molecule has 176 valence electrons. The Labute approximate surface area is 179 Å². The predicted molar refractivity (Wildman–Crippen MR) is 98.9 cm³/mol. The number of alkyl halides is 4. The normalized spacial score (nSPS) is 19.3. The summed E-state index contributed by atoms with van der Waals surface area (Å²) in [6, 6.07) is 1.91. The summed E-state index contributed by atoms with van der Waals surface area (Å²) in [5.74, 6) is -8.97. The van der Waals surface area contributed by atoms with Gasteiger partial charge in [-0.1, -0.05) is 13.3 Å². The maximum atomic E-state index is 14.5. The van der Waals surface area contributed by atoms with Crippen molar-refractivity contribution in [3.8, 4) is 11.5 Å². The predicted octanol–water partition coefficient (Wildman–Crippen LogP) is 7.66. The first-order chi connectivity index (χ1) is 15.0. The van der Waals surface area contributed by atoms with E-state index in [2.05, 4.69) is 16.4 Å². The van der Waals surface area contributed by atoms with Crippen molar-refractivity contribution in [1.82, 2.24) is 0 Å². The molecule has 0 N–H and O–H groups in total. The highest BCUT2D eigenvalue weighted by Crippen LogP contribution is 2.41. The van der Waals surface area contributed by atoms with Gasteiger partial charge in [-0.25, -0.2) is 17.6 Å². The Hall–Kier alpha value is -2.52. The molecule has 0 aliphatic heterocycles. The van der Waals surface area contributed by atoms with Crippen LogP contribution >= 0.6 is 0 Å². The van der Waals surface area contributed by atoms with Gasteiger partial charge in [0, 0.05) is 12.1 Å². The van der Waals surface area contributed by atoms with Gasteiger partial charge in [0.1, 0.15) is 22.9 Å². The second kappa shape index (κ2) is 9.54. The third kappa shape index (κ3) is 5.27. The molecule has 2 aromatic carbocycles. The molecule has 0 saturated heterocycles. The molecule has 0 spiro atoms. The van der Waals surface area contributed by atoms with Crippen LogP contribution in [0.15, 0.2) is 24.3 Å². The topological polar surface area (TPSA) is 18.5 Å². The third-order valence-electron chi connectivity index (χ3n) is 5.68. The van der Waals surface area contributed by atoms with Gasteiger partial charge in [-0.2, -0.15) is 17.6 Å². The van der Waals surface area contributed by atoms with Crippen LogP contribution in [-0.4, -0.2) is 6.61 Å². The van der Waals surface area contributed by atoms with Gasteiger partial charge in [0.2, 0.25) is 0 Å². The Morgan fingerprint density at radius 1 is 0.875 bits per heavy atom. The van der Waals surface area contributed by atoms with Crippen LogP contribution in [-0.2, 0) is 6.11 Å². The van der Waals surface area contributed by atoms with Gasteiger partial charge in [0.15, 0.2) is 17.4 Å². The van der Waals surface area contributed by atoms with E-state index in [4.69, 9.17) is 0 Å². The minimum atomic E-state index is -4.64. The lowest BCUT2D eigenvalue weighted by molar-refractivity contribution is -0.189. The minimum absolute atomic E-state index is 0.144. The first kappa shape index (κ1) is 24.1. The molecule has 32 heavy (non-hydrogen) atoms. The van der Waals surface area contributed by atoms with Crippen molar-refractivity contribution in [1.29, 1.82) is 0 Å². The van der Waals surface area contributed by atoms with Crippen molar-refractivity contribution in [2.75, 3.05) is 0 Å². The molecule has 0 bridgehead atoms. The van der Waals surface area contributed by atoms with E-state index in [9.17, 15) is 35.1 Å². The smallest absolute Gasteiger partial charge is 0.429 e. The van der Waals surface area contributed by atoms with Crippen LogP contribution in [0.2, 0.25) is 0 Å². The van der Waals surface area contributed by atoms with Crippen molar-refractivity contribution in [2.45, 2.75) is 57.7 Å². The van der Waals surface area contributed by atoms with Crippen molar-refractivity contribution in [3.05, 3.63) is 58.7 Å². The summed E-state index contributed by atoms with van der Waals surface area (Å²) in [6.07, 6.45) is -0.559. The van der Waals surface area contributed by atoms with E-state index < -0.39 is 53.1 Å². The lowest BCUT2D eigenvalue weighted by Crippen LogP contribution is -2.26. The molecule has 0 amide bonds. The van der Waals surface area contributed by atoms with E-state index in [0.29, 0.717) is 18.8 Å². The Balaban J connectivity index is 1.84. The Morgan fingerprint density at radius 3 is 1.88 bits per heavy atom. The fourth-order valence-corrected chi connectivity index (χ4v) is 4.01. The number of ether oxygens (including phenoxy) is 2. The highest BCUT2D eigenvalue weighted by molar-refractivity contribution is 5.36. The summed E-state index contributed by atoms with van der Waals surface area (Å²) in [5, 5.41) is 0. The molecule has 2 aromatic rings. The van der Waals surface area contributed by atoms with Crippen LogP contribution in [0.5, 0.6) is 11.5 Å². The SMILES string of the molecule is CCC1CCC(c2cc(F)c(C(F)(F)Oc3cc(F)c(OC(F)F)c(F)c3)c(F)c2)CC1. The van der Waals surface area contributed by atoms with Crippen LogP contribution in [0.1, 0.15) is 56.1 Å². The van der Waals surface area contributed by atoms with Crippen molar-refractivity contribution < 1.29 is 44.6 Å². The first-order valence-electron chi connectivity index (χ1n) is 10.0. The number of rotatable bonds is 7. The molecular formula is C22H20F8O2. The monoisotopic (exact) mass is 468 g/mol. The number of hydrogen-bond acceptors (Lipinski definition) is 2. The van der Waals surface area contributed by atoms with E-state index in [1.165, 1.54) is 0 Å². The minimum Gasteiger partial charge on any atom is -0.429 e. The Morgan fingerprint density at radius 2 is 1.41 bits per heavy atom. The summed E-state index contributed by atoms with van der Waals surface area (Å²) in [6.45, 7) is -1.51. The standard InChI is InChI=1S/C22H20F8O2/c1-2-11-3-5-12(6-4-11)13-7-15(23)19(16(24)8-13)22(29,30)32-14-9-17(25)20(18(26)10-14)31-21(27)28/h7-12,21H,2-6H2,1H3. The molecule has 3 rings (SSSR count). The van der Waals surface area contributed by atoms with Gasteiger partial charge >= 0.3 is 12.7 Å². The van der Waals surface area contributed by atoms with E-state index in [1.807, 2.05) is 0 Å². The van der Waals surface area contributed by atoms with E-state index in [0.717, 1.165) is 31.4 Å².